The Balaban J connectivity index is 1.82. The first kappa shape index (κ1) is 23.8. The van der Waals surface area contributed by atoms with Crippen LogP contribution >= 0.6 is 0 Å². The molecule has 1 aromatic heterocycles. The summed E-state index contributed by atoms with van der Waals surface area (Å²) in [7, 11) is 1.28. The number of nitrogens with one attached hydrogen (secondary N) is 2. The molecule has 0 aliphatic carbocycles. The van der Waals surface area contributed by atoms with E-state index >= 15 is 0 Å². The van der Waals surface area contributed by atoms with Crippen molar-refractivity contribution in [3.63, 3.8) is 0 Å². The van der Waals surface area contributed by atoms with Crippen molar-refractivity contribution in [2.75, 3.05) is 12.4 Å². The van der Waals surface area contributed by atoms with Gasteiger partial charge in [0.2, 0.25) is 5.78 Å². The summed E-state index contributed by atoms with van der Waals surface area (Å²) >= 11 is 0. The van der Waals surface area contributed by atoms with E-state index < -0.39 is 23.8 Å². The fraction of sp³-hybridized carbons (Fsp3) is 0.269. The number of ether oxygens (including phenoxy) is 2. The zero-order valence-corrected chi connectivity index (χ0v) is 19.7. The molecule has 0 radical (unpaired) electrons. The lowest BCUT2D eigenvalue weighted by Gasteiger charge is -2.16. The fourth-order valence-corrected chi connectivity index (χ4v) is 3.69. The Kier molecular flexibility index (Phi) is 7.01. The molecule has 3 aromatic rings. The molecule has 2 aromatic carbocycles. The van der Waals surface area contributed by atoms with E-state index in [2.05, 4.69) is 10.3 Å². The van der Waals surface area contributed by atoms with E-state index in [9.17, 15) is 14.4 Å². The number of methoxy groups -OCH3 is 1. The number of Topliss-reactive ketones (excluding diaryl/α,β-unsaturated/α-hetero) is 1. The first-order valence-electron chi connectivity index (χ1n) is 10.6. The van der Waals surface area contributed by atoms with E-state index in [0.29, 0.717) is 28.1 Å². The van der Waals surface area contributed by atoms with Crippen LogP contribution in [0, 0.1) is 27.7 Å². The number of H-pyrrole nitrogens is 1. The third-order valence-corrected chi connectivity index (χ3v) is 5.75. The molecule has 0 saturated heterocycles. The molecule has 1 atom stereocenters. The van der Waals surface area contributed by atoms with Crippen LogP contribution in [0.2, 0.25) is 0 Å². The SMILES string of the molecule is COC(=O)c1c(C)[nH]c(C(=O)C(C)OC(=O)c2ccccc2Nc2cccc(C)c2C)c1C. The highest BCUT2D eigenvalue weighted by Crippen LogP contribution is 2.26. The summed E-state index contributed by atoms with van der Waals surface area (Å²) in [4.78, 5) is 40.9. The van der Waals surface area contributed by atoms with Crippen LogP contribution in [0.5, 0.6) is 0 Å². The second-order valence-corrected chi connectivity index (χ2v) is 7.95. The van der Waals surface area contributed by atoms with Crippen molar-refractivity contribution in [3.8, 4) is 0 Å². The van der Waals surface area contributed by atoms with E-state index in [1.165, 1.54) is 14.0 Å². The van der Waals surface area contributed by atoms with Gasteiger partial charge in [0.25, 0.3) is 0 Å². The molecule has 7 heteroatoms. The lowest BCUT2D eigenvalue weighted by Crippen LogP contribution is -2.25. The van der Waals surface area contributed by atoms with Gasteiger partial charge in [0, 0.05) is 11.4 Å². The number of benzene rings is 2. The largest absolute Gasteiger partial charge is 0.465 e. The lowest BCUT2D eigenvalue weighted by molar-refractivity contribution is 0.0317. The van der Waals surface area contributed by atoms with Crippen molar-refractivity contribution < 1.29 is 23.9 Å². The lowest BCUT2D eigenvalue weighted by atomic mass is 10.1. The smallest absolute Gasteiger partial charge is 0.340 e. The standard InChI is InChI=1S/C26H28N2O5/c1-14-10-9-13-20(15(14)2)28-21-12-8-7-11-19(21)25(30)33-18(5)24(29)23-16(3)22(17(4)27-23)26(31)32-6/h7-13,18,27-28H,1-6H3. The first-order valence-corrected chi connectivity index (χ1v) is 10.6. The predicted molar refractivity (Wildman–Crippen MR) is 126 cm³/mol. The minimum Gasteiger partial charge on any atom is -0.465 e. The predicted octanol–water partition coefficient (Wildman–Crippen LogP) is 5.21. The highest BCUT2D eigenvalue weighted by molar-refractivity contribution is 6.05. The van der Waals surface area contributed by atoms with Gasteiger partial charge < -0.3 is 19.8 Å². The molecule has 0 aliphatic rings. The molecule has 0 spiro atoms. The van der Waals surface area contributed by atoms with Crippen LogP contribution < -0.4 is 5.32 Å². The molecule has 7 nitrogen and oxygen atoms in total. The summed E-state index contributed by atoms with van der Waals surface area (Å²) in [6.07, 6.45) is -1.06. The van der Waals surface area contributed by atoms with Crippen molar-refractivity contribution in [1.82, 2.24) is 4.98 Å². The number of hydrogen-bond acceptors (Lipinski definition) is 6. The maximum atomic E-state index is 13.0. The number of carbonyl (C=O) groups excluding carboxylic acids is 3. The van der Waals surface area contributed by atoms with E-state index in [4.69, 9.17) is 9.47 Å². The first-order chi connectivity index (χ1) is 15.6. The Morgan fingerprint density at radius 2 is 1.55 bits per heavy atom. The number of aryl methyl sites for hydroxylation is 2. The molecule has 3 rings (SSSR count). The Bertz CT molecular complexity index is 1230. The van der Waals surface area contributed by atoms with Gasteiger partial charge in [-0.15, -0.1) is 0 Å². The van der Waals surface area contributed by atoms with Crippen LogP contribution in [0.15, 0.2) is 42.5 Å². The molecule has 1 unspecified atom stereocenters. The molecule has 1 heterocycles. The second kappa shape index (κ2) is 9.73. The Morgan fingerprint density at radius 1 is 0.879 bits per heavy atom. The zero-order valence-electron chi connectivity index (χ0n) is 19.7. The zero-order chi connectivity index (χ0) is 24.3. The van der Waals surface area contributed by atoms with Gasteiger partial charge in [-0.3, -0.25) is 4.79 Å². The quantitative estimate of drug-likeness (QED) is 0.381. The third-order valence-electron chi connectivity index (χ3n) is 5.75. The molecular formula is C26H28N2O5. The summed E-state index contributed by atoms with van der Waals surface area (Å²) in [5, 5.41) is 3.29. The summed E-state index contributed by atoms with van der Waals surface area (Å²) in [6, 6.07) is 12.9. The number of esters is 2. The van der Waals surface area contributed by atoms with Gasteiger partial charge in [0.05, 0.1) is 29.6 Å². The average molecular weight is 449 g/mol. The molecule has 172 valence electrons. The molecule has 0 amide bonds. The van der Waals surface area contributed by atoms with Crippen LogP contribution in [0.4, 0.5) is 11.4 Å². The van der Waals surface area contributed by atoms with Gasteiger partial charge in [-0.25, -0.2) is 9.59 Å². The summed E-state index contributed by atoms with van der Waals surface area (Å²) in [6.45, 7) is 8.86. The van der Waals surface area contributed by atoms with Crippen molar-refractivity contribution >= 4 is 29.1 Å². The number of hydrogen-bond donors (Lipinski definition) is 2. The number of carbonyl (C=O) groups is 3. The van der Waals surface area contributed by atoms with Gasteiger partial charge in [0.1, 0.15) is 0 Å². The van der Waals surface area contributed by atoms with Crippen molar-refractivity contribution in [2.24, 2.45) is 0 Å². The number of aromatic nitrogens is 1. The average Bonchev–Trinajstić information content (AvgIpc) is 3.09. The maximum Gasteiger partial charge on any atom is 0.340 e. The molecule has 33 heavy (non-hydrogen) atoms. The van der Waals surface area contributed by atoms with Crippen LogP contribution in [0.25, 0.3) is 0 Å². The highest BCUT2D eigenvalue weighted by Gasteiger charge is 2.28. The van der Waals surface area contributed by atoms with Gasteiger partial charge in [-0.2, -0.15) is 0 Å². The number of aromatic amines is 1. The number of ketones is 1. The highest BCUT2D eigenvalue weighted by atomic mass is 16.5. The minimum atomic E-state index is -1.06. The summed E-state index contributed by atoms with van der Waals surface area (Å²) in [5.41, 5.74) is 5.48. The van der Waals surface area contributed by atoms with Crippen molar-refractivity contribution in [1.29, 1.82) is 0 Å². The Hall–Kier alpha value is -3.87. The van der Waals surface area contributed by atoms with Crippen LogP contribution in [-0.4, -0.2) is 35.9 Å². The Labute approximate surface area is 193 Å². The normalized spacial score (nSPS) is 11.6. The molecular weight excluding hydrogens is 420 g/mol. The minimum absolute atomic E-state index is 0.218. The van der Waals surface area contributed by atoms with Gasteiger partial charge >= 0.3 is 11.9 Å². The topological polar surface area (TPSA) is 97.5 Å². The second-order valence-electron chi connectivity index (χ2n) is 7.95. The summed E-state index contributed by atoms with van der Waals surface area (Å²) in [5.74, 6) is -1.59. The molecule has 0 saturated carbocycles. The van der Waals surface area contributed by atoms with E-state index in [1.54, 1.807) is 32.0 Å². The van der Waals surface area contributed by atoms with Crippen LogP contribution in [0.1, 0.15) is 60.5 Å². The van der Waals surface area contributed by atoms with Crippen molar-refractivity contribution in [2.45, 2.75) is 40.7 Å². The van der Waals surface area contributed by atoms with Crippen molar-refractivity contribution in [3.05, 3.63) is 81.7 Å². The van der Waals surface area contributed by atoms with E-state index in [1.807, 2.05) is 38.1 Å². The van der Waals surface area contributed by atoms with Gasteiger partial charge in [-0.05, 0) is 69.5 Å². The maximum absolute atomic E-state index is 13.0. The monoisotopic (exact) mass is 448 g/mol. The molecule has 0 bridgehead atoms. The molecule has 2 N–H and O–H groups in total. The van der Waals surface area contributed by atoms with E-state index in [-0.39, 0.29) is 5.69 Å². The van der Waals surface area contributed by atoms with Crippen LogP contribution in [-0.2, 0) is 9.47 Å². The fourth-order valence-electron chi connectivity index (χ4n) is 3.69. The molecule has 0 aliphatic heterocycles. The number of para-hydroxylation sites is 1. The van der Waals surface area contributed by atoms with Gasteiger partial charge in [0.15, 0.2) is 6.10 Å². The van der Waals surface area contributed by atoms with Gasteiger partial charge in [-0.1, -0.05) is 24.3 Å². The van der Waals surface area contributed by atoms with Crippen LogP contribution in [0.3, 0.4) is 0 Å². The summed E-state index contributed by atoms with van der Waals surface area (Å²) < 4.78 is 10.3. The third kappa shape index (κ3) is 4.82. The number of rotatable bonds is 7. The van der Waals surface area contributed by atoms with E-state index in [0.717, 1.165) is 16.8 Å². The Morgan fingerprint density at radius 3 is 2.24 bits per heavy atom. The molecule has 0 fully saturated rings. The number of anilines is 2.